The van der Waals surface area contributed by atoms with Crippen molar-refractivity contribution in [2.24, 2.45) is 0 Å². The first-order chi connectivity index (χ1) is 31.3. The van der Waals surface area contributed by atoms with Crippen LogP contribution in [0.25, 0.3) is 121 Å². The molecule has 0 aliphatic rings. The number of aromatic nitrogens is 2. The predicted octanol–water partition coefficient (Wildman–Crippen LogP) is 16.5. The van der Waals surface area contributed by atoms with Crippen LogP contribution in [0.1, 0.15) is 0 Å². The van der Waals surface area contributed by atoms with Crippen molar-refractivity contribution in [1.82, 2.24) is 9.13 Å². The topological polar surface area (TPSA) is 23.0 Å². The summed E-state index contributed by atoms with van der Waals surface area (Å²) in [6, 6.07) is 83.8. The molecule has 0 bridgehead atoms. The second kappa shape index (κ2) is 14.1. The van der Waals surface area contributed by atoms with Gasteiger partial charge in [0.25, 0.3) is 0 Å². The third-order valence-electron chi connectivity index (χ3n) is 12.9. The van der Waals surface area contributed by atoms with Crippen molar-refractivity contribution in [2.75, 3.05) is 0 Å². The van der Waals surface area contributed by atoms with Gasteiger partial charge in [-0.2, -0.15) is 0 Å². The van der Waals surface area contributed by atoms with E-state index in [2.05, 4.69) is 234 Å². The van der Waals surface area contributed by atoms with Gasteiger partial charge in [-0.1, -0.05) is 164 Å². The minimum atomic E-state index is 0.890. The summed E-state index contributed by atoms with van der Waals surface area (Å²) in [6.07, 6.45) is 0. The molecule has 13 rings (SSSR count). The van der Waals surface area contributed by atoms with Gasteiger partial charge < -0.3 is 13.6 Å². The minimum Gasteiger partial charge on any atom is -0.456 e. The Morgan fingerprint density at radius 2 is 0.746 bits per heavy atom. The van der Waals surface area contributed by atoms with Crippen LogP contribution >= 0.6 is 0 Å². The molecule has 0 unspecified atom stereocenters. The first kappa shape index (κ1) is 35.4. The van der Waals surface area contributed by atoms with Gasteiger partial charge in [0.1, 0.15) is 11.2 Å². The maximum absolute atomic E-state index is 6.45. The Bertz CT molecular complexity index is 3920. The molecule has 0 atom stereocenters. The molecule has 0 aliphatic carbocycles. The lowest BCUT2D eigenvalue weighted by Crippen LogP contribution is -1.99. The number of para-hydroxylation sites is 4. The standard InChI is InChI=1S/C60H38N2O/c1-3-17-39(18-4-1)51-36-42(62-55-28-14-11-25-48(55)46-23-9-7-21-44(46)45-22-8-10-24-47(45)49-26-12-15-29-56(49)62)32-33-43(51)40-31-34-57-52(35-40)53-37-54-50-27-13-16-30-59(50)63-60(54)38-58(53)61(57)41-19-5-2-6-20-41/h1-38H. The van der Waals surface area contributed by atoms with Gasteiger partial charge in [0.2, 0.25) is 0 Å². The number of hydrogen-bond donors (Lipinski definition) is 0. The molecular formula is C60H38N2O. The van der Waals surface area contributed by atoms with E-state index in [-0.39, 0.29) is 0 Å². The van der Waals surface area contributed by atoms with E-state index < -0.39 is 0 Å². The second-order valence-electron chi connectivity index (χ2n) is 16.4. The second-order valence-corrected chi connectivity index (χ2v) is 16.4. The largest absolute Gasteiger partial charge is 0.456 e. The van der Waals surface area contributed by atoms with Crippen LogP contribution in [0.4, 0.5) is 0 Å². The van der Waals surface area contributed by atoms with Crippen molar-refractivity contribution in [2.45, 2.75) is 0 Å². The van der Waals surface area contributed by atoms with Crippen LogP contribution in [0.5, 0.6) is 0 Å². The highest BCUT2D eigenvalue weighted by molar-refractivity contribution is 6.20. The molecule has 3 heterocycles. The third-order valence-corrected chi connectivity index (χ3v) is 12.9. The van der Waals surface area contributed by atoms with Crippen molar-refractivity contribution in [3.05, 3.63) is 231 Å². The van der Waals surface area contributed by atoms with Crippen LogP contribution in [0.2, 0.25) is 0 Å². The number of fused-ring (bicyclic) bond motifs is 13. The number of furan rings is 1. The summed E-state index contributed by atoms with van der Waals surface area (Å²) in [5.41, 5.74) is 13.2. The summed E-state index contributed by atoms with van der Waals surface area (Å²) >= 11 is 0. The first-order valence-corrected chi connectivity index (χ1v) is 21.6. The summed E-state index contributed by atoms with van der Waals surface area (Å²) < 4.78 is 11.3. The monoisotopic (exact) mass is 802 g/mol. The highest BCUT2D eigenvalue weighted by atomic mass is 16.3. The van der Waals surface area contributed by atoms with Crippen LogP contribution in [-0.2, 0) is 0 Å². The third kappa shape index (κ3) is 5.53. The molecule has 3 nitrogen and oxygen atoms in total. The average molecular weight is 803 g/mol. The Kier molecular flexibility index (Phi) is 7.91. The van der Waals surface area contributed by atoms with Crippen molar-refractivity contribution in [3.63, 3.8) is 0 Å². The van der Waals surface area contributed by atoms with E-state index in [1.807, 2.05) is 6.07 Å². The van der Waals surface area contributed by atoms with E-state index in [9.17, 15) is 0 Å². The fourth-order valence-corrected chi connectivity index (χ4v) is 10.1. The molecule has 3 aromatic heterocycles. The maximum Gasteiger partial charge on any atom is 0.137 e. The van der Waals surface area contributed by atoms with Gasteiger partial charge in [0, 0.05) is 49.8 Å². The lowest BCUT2D eigenvalue weighted by Gasteiger charge is -2.18. The summed E-state index contributed by atoms with van der Waals surface area (Å²) in [5.74, 6) is 0. The Labute approximate surface area is 363 Å². The Morgan fingerprint density at radius 3 is 1.41 bits per heavy atom. The van der Waals surface area contributed by atoms with Crippen LogP contribution in [0.15, 0.2) is 235 Å². The summed E-state index contributed by atoms with van der Waals surface area (Å²) in [7, 11) is 0. The van der Waals surface area contributed by atoms with E-state index in [0.717, 1.165) is 72.1 Å². The molecule has 13 aromatic rings. The van der Waals surface area contributed by atoms with Crippen molar-refractivity contribution < 1.29 is 4.42 Å². The molecule has 0 fully saturated rings. The minimum absolute atomic E-state index is 0.890. The zero-order chi connectivity index (χ0) is 41.4. The molecule has 0 spiro atoms. The molecule has 0 radical (unpaired) electrons. The Balaban J connectivity index is 1.12. The number of benzene rings is 10. The summed E-state index contributed by atoms with van der Waals surface area (Å²) in [5, 5.41) is 11.9. The normalized spacial score (nSPS) is 11.8. The van der Waals surface area contributed by atoms with E-state index in [1.165, 1.54) is 48.7 Å². The van der Waals surface area contributed by atoms with Gasteiger partial charge >= 0.3 is 0 Å². The average Bonchev–Trinajstić information content (AvgIpc) is 3.89. The van der Waals surface area contributed by atoms with Gasteiger partial charge in [-0.25, -0.2) is 0 Å². The Morgan fingerprint density at radius 1 is 0.238 bits per heavy atom. The van der Waals surface area contributed by atoms with E-state index in [1.54, 1.807) is 0 Å². The van der Waals surface area contributed by atoms with Gasteiger partial charge in [-0.15, -0.1) is 0 Å². The maximum atomic E-state index is 6.45. The van der Waals surface area contributed by atoms with E-state index in [4.69, 9.17) is 4.42 Å². The van der Waals surface area contributed by atoms with Gasteiger partial charge in [-0.05, 0) is 104 Å². The first-order valence-electron chi connectivity index (χ1n) is 21.6. The lowest BCUT2D eigenvalue weighted by molar-refractivity contribution is 0.669. The lowest BCUT2D eigenvalue weighted by atomic mass is 9.93. The van der Waals surface area contributed by atoms with E-state index in [0.29, 0.717) is 0 Å². The van der Waals surface area contributed by atoms with Crippen LogP contribution < -0.4 is 0 Å². The molecule has 0 saturated heterocycles. The van der Waals surface area contributed by atoms with Crippen molar-refractivity contribution in [3.8, 4) is 33.6 Å². The van der Waals surface area contributed by atoms with Crippen molar-refractivity contribution >= 4 is 87.1 Å². The van der Waals surface area contributed by atoms with Gasteiger partial charge in [0.15, 0.2) is 0 Å². The fraction of sp³-hybridized carbons (Fsp3) is 0. The zero-order valence-electron chi connectivity index (χ0n) is 34.2. The summed E-state index contributed by atoms with van der Waals surface area (Å²) in [6.45, 7) is 0. The molecule has 0 aliphatic heterocycles. The van der Waals surface area contributed by atoms with E-state index >= 15 is 0 Å². The molecular weight excluding hydrogens is 765 g/mol. The molecule has 0 amide bonds. The summed E-state index contributed by atoms with van der Waals surface area (Å²) in [4.78, 5) is 0. The van der Waals surface area contributed by atoms with Gasteiger partial charge in [0.05, 0.1) is 22.1 Å². The van der Waals surface area contributed by atoms with Crippen LogP contribution in [0, 0.1) is 0 Å². The SMILES string of the molecule is c1ccc(-c2cc(-n3c4ccccc4c4ccccc4c4ccccc4c4ccccc43)ccc2-c2ccc3c(c2)c2cc4c(cc2n3-c2ccccc2)oc2ccccc24)cc1. The smallest absolute Gasteiger partial charge is 0.137 e. The quantitative estimate of drug-likeness (QED) is 0.174. The van der Waals surface area contributed by atoms with Crippen LogP contribution in [-0.4, -0.2) is 9.13 Å². The molecule has 294 valence electrons. The number of hydrogen-bond acceptors (Lipinski definition) is 1. The molecule has 0 N–H and O–H groups in total. The Hall–Kier alpha value is -8.40. The molecule has 63 heavy (non-hydrogen) atoms. The zero-order valence-corrected chi connectivity index (χ0v) is 34.2. The molecule has 0 saturated carbocycles. The number of nitrogens with zero attached hydrogens (tertiary/aromatic N) is 2. The van der Waals surface area contributed by atoms with Crippen LogP contribution in [0.3, 0.4) is 0 Å². The molecule has 3 heteroatoms. The highest BCUT2D eigenvalue weighted by Gasteiger charge is 2.19. The van der Waals surface area contributed by atoms with Crippen molar-refractivity contribution in [1.29, 1.82) is 0 Å². The molecule has 10 aromatic carbocycles. The van der Waals surface area contributed by atoms with Gasteiger partial charge in [-0.3, -0.25) is 0 Å². The predicted molar refractivity (Wildman–Crippen MR) is 266 cm³/mol. The highest BCUT2D eigenvalue weighted by Crippen LogP contribution is 2.42. The fourth-order valence-electron chi connectivity index (χ4n) is 10.1. The number of rotatable bonds is 4.